The molecule has 2 aliphatic rings. The van der Waals surface area contributed by atoms with E-state index in [0.717, 1.165) is 12.8 Å². The lowest BCUT2D eigenvalue weighted by molar-refractivity contribution is -0.131. The van der Waals surface area contributed by atoms with Gasteiger partial charge in [0.1, 0.15) is 6.33 Å². The molecule has 9 nitrogen and oxygen atoms in total. The molecule has 1 amide bonds. The summed E-state index contributed by atoms with van der Waals surface area (Å²) in [6.45, 7) is 2.63. The van der Waals surface area contributed by atoms with Gasteiger partial charge in [0, 0.05) is 38.0 Å². The second-order valence-electron chi connectivity index (χ2n) is 8.20. The first kappa shape index (κ1) is 20.0. The summed E-state index contributed by atoms with van der Waals surface area (Å²) in [7, 11) is -3.24. The van der Waals surface area contributed by atoms with Gasteiger partial charge in [0.05, 0.1) is 12.8 Å². The van der Waals surface area contributed by atoms with Crippen molar-refractivity contribution in [1.29, 1.82) is 0 Å². The van der Waals surface area contributed by atoms with Crippen LogP contribution in [-0.2, 0) is 27.8 Å². The second kappa shape index (κ2) is 7.83. The first-order valence-electron chi connectivity index (χ1n) is 9.83. The van der Waals surface area contributed by atoms with Crippen molar-refractivity contribution in [1.82, 2.24) is 29.4 Å². The fourth-order valence-electron chi connectivity index (χ4n) is 4.62. The minimum Gasteiger partial charge on any atom is -0.342 e. The predicted molar refractivity (Wildman–Crippen MR) is 106 cm³/mol. The normalized spacial score (nSPS) is 24.7. The maximum atomic E-state index is 12.8. The average molecular weight is 419 g/mol. The topological polar surface area (TPSA) is 101 Å². The number of rotatable bonds is 7. The van der Waals surface area contributed by atoms with E-state index in [-0.39, 0.29) is 17.2 Å². The third kappa shape index (κ3) is 4.32. The number of carbonyl (C=O) groups is 1. The standard InChI is InChI=1S/C19H26N6O3S/c1-29(27,28)25-12-17-11-23(18(26)8-10-24-15-20-21-22-24)13-19(17,14-25)9-7-16-5-3-2-4-6-16/h2-6,15,17H,7-14H2,1H3. The first-order valence-corrected chi connectivity index (χ1v) is 11.7. The Labute approximate surface area is 170 Å². The van der Waals surface area contributed by atoms with Crippen molar-refractivity contribution in [2.75, 3.05) is 32.4 Å². The number of nitrogens with zero attached hydrogens (tertiary/aromatic N) is 6. The maximum absolute atomic E-state index is 12.8. The Kier molecular flexibility index (Phi) is 5.39. The molecule has 156 valence electrons. The molecule has 0 N–H and O–H groups in total. The highest BCUT2D eigenvalue weighted by Gasteiger charge is 2.54. The van der Waals surface area contributed by atoms with Gasteiger partial charge in [0.25, 0.3) is 0 Å². The Morgan fingerprint density at radius 1 is 1.21 bits per heavy atom. The molecule has 2 aliphatic heterocycles. The van der Waals surface area contributed by atoms with Crippen molar-refractivity contribution >= 4 is 15.9 Å². The molecule has 3 heterocycles. The molecule has 2 atom stereocenters. The molecule has 0 radical (unpaired) electrons. The summed E-state index contributed by atoms with van der Waals surface area (Å²) in [6.07, 6.45) is 4.85. The highest BCUT2D eigenvalue weighted by molar-refractivity contribution is 7.88. The van der Waals surface area contributed by atoms with E-state index in [1.54, 1.807) is 8.99 Å². The van der Waals surface area contributed by atoms with Crippen molar-refractivity contribution in [3.05, 3.63) is 42.2 Å². The lowest BCUT2D eigenvalue weighted by Gasteiger charge is -2.29. The van der Waals surface area contributed by atoms with E-state index in [9.17, 15) is 13.2 Å². The van der Waals surface area contributed by atoms with Crippen LogP contribution >= 0.6 is 0 Å². The monoisotopic (exact) mass is 418 g/mol. The number of amides is 1. The molecule has 1 aromatic carbocycles. The van der Waals surface area contributed by atoms with Crippen LogP contribution in [0.4, 0.5) is 0 Å². The molecule has 4 rings (SSSR count). The van der Waals surface area contributed by atoms with Crippen LogP contribution in [0, 0.1) is 11.3 Å². The second-order valence-corrected chi connectivity index (χ2v) is 10.2. The third-order valence-electron chi connectivity index (χ3n) is 6.25. The van der Waals surface area contributed by atoms with Gasteiger partial charge in [-0.3, -0.25) is 4.79 Å². The summed E-state index contributed by atoms with van der Waals surface area (Å²) in [5.74, 6) is 0.234. The SMILES string of the molecule is CS(=O)(=O)N1CC2CN(C(=O)CCn3cnnn3)CC2(CCc2ccccc2)C1. The summed E-state index contributed by atoms with van der Waals surface area (Å²) in [6, 6.07) is 10.2. The summed E-state index contributed by atoms with van der Waals surface area (Å²) < 4.78 is 27.4. The number of aromatic nitrogens is 4. The Hall–Kier alpha value is -2.33. The Morgan fingerprint density at radius 3 is 2.69 bits per heavy atom. The molecule has 10 heteroatoms. The van der Waals surface area contributed by atoms with Crippen LogP contribution < -0.4 is 0 Å². The zero-order valence-corrected chi connectivity index (χ0v) is 17.3. The van der Waals surface area contributed by atoms with Gasteiger partial charge in [0.2, 0.25) is 15.9 Å². The highest BCUT2D eigenvalue weighted by Crippen LogP contribution is 2.46. The van der Waals surface area contributed by atoms with E-state index >= 15 is 0 Å². The van der Waals surface area contributed by atoms with Crippen LogP contribution in [0.2, 0.25) is 0 Å². The minimum absolute atomic E-state index is 0.0693. The van der Waals surface area contributed by atoms with Crippen LogP contribution in [0.1, 0.15) is 18.4 Å². The highest BCUT2D eigenvalue weighted by atomic mass is 32.2. The van der Waals surface area contributed by atoms with Crippen molar-refractivity contribution in [3.63, 3.8) is 0 Å². The lowest BCUT2D eigenvalue weighted by atomic mass is 9.76. The largest absolute Gasteiger partial charge is 0.342 e. The van der Waals surface area contributed by atoms with Gasteiger partial charge in [-0.25, -0.2) is 17.4 Å². The predicted octanol–water partition coefficient (Wildman–Crippen LogP) is 0.416. The molecule has 0 saturated carbocycles. The molecular formula is C19H26N6O3S. The van der Waals surface area contributed by atoms with E-state index in [1.165, 1.54) is 18.1 Å². The lowest BCUT2D eigenvalue weighted by Crippen LogP contribution is -2.39. The van der Waals surface area contributed by atoms with E-state index in [2.05, 4.69) is 27.7 Å². The molecule has 1 aromatic heterocycles. The van der Waals surface area contributed by atoms with E-state index in [1.807, 2.05) is 23.1 Å². The van der Waals surface area contributed by atoms with Crippen LogP contribution in [0.5, 0.6) is 0 Å². The average Bonchev–Trinajstić information content (AvgIpc) is 3.39. The summed E-state index contributed by atoms with van der Waals surface area (Å²) in [5.41, 5.74) is 1.05. The number of benzene rings is 1. The van der Waals surface area contributed by atoms with E-state index in [4.69, 9.17) is 0 Å². The summed E-state index contributed by atoms with van der Waals surface area (Å²) in [4.78, 5) is 14.7. The molecule has 2 saturated heterocycles. The fourth-order valence-corrected chi connectivity index (χ4v) is 5.56. The Balaban J connectivity index is 1.46. The zero-order valence-electron chi connectivity index (χ0n) is 16.5. The van der Waals surface area contributed by atoms with Gasteiger partial charge in [-0.15, -0.1) is 5.10 Å². The number of hydrogen-bond donors (Lipinski definition) is 0. The van der Waals surface area contributed by atoms with Crippen LogP contribution in [0.15, 0.2) is 36.7 Å². The van der Waals surface area contributed by atoms with Gasteiger partial charge in [-0.1, -0.05) is 30.3 Å². The molecule has 29 heavy (non-hydrogen) atoms. The number of likely N-dealkylation sites (tertiary alicyclic amines) is 1. The number of aryl methyl sites for hydroxylation is 2. The Bertz CT molecular complexity index is 950. The van der Waals surface area contributed by atoms with Gasteiger partial charge < -0.3 is 4.90 Å². The first-order chi connectivity index (χ1) is 13.9. The fraction of sp³-hybridized carbons (Fsp3) is 0.579. The third-order valence-corrected chi connectivity index (χ3v) is 7.47. The molecule has 2 unspecified atom stereocenters. The van der Waals surface area contributed by atoms with Crippen LogP contribution in [0.25, 0.3) is 0 Å². The van der Waals surface area contributed by atoms with E-state index < -0.39 is 10.0 Å². The summed E-state index contributed by atoms with van der Waals surface area (Å²) in [5, 5.41) is 11.0. The van der Waals surface area contributed by atoms with Crippen molar-refractivity contribution < 1.29 is 13.2 Å². The van der Waals surface area contributed by atoms with Crippen molar-refractivity contribution in [2.24, 2.45) is 11.3 Å². The maximum Gasteiger partial charge on any atom is 0.224 e. The smallest absolute Gasteiger partial charge is 0.224 e. The van der Waals surface area contributed by atoms with Crippen molar-refractivity contribution in [3.8, 4) is 0 Å². The van der Waals surface area contributed by atoms with Gasteiger partial charge in [-0.2, -0.15) is 0 Å². The molecule has 2 fully saturated rings. The van der Waals surface area contributed by atoms with Crippen LogP contribution in [0.3, 0.4) is 0 Å². The molecule has 2 aromatic rings. The molecule has 0 bridgehead atoms. The van der Waals surface area contributed by atoms with Gasteiger partial charge in [0.15, 0.2) is 0 Å². The number of tetrazole rings is 1. The number of fused-ring (bicyclic) bond motifs is 1. The van der Waals surface area contributed by atoms with Crippen LogP contribution in [-0.4, -0.2) is 76.2 Å². The zero-order chi connectivity index (χ0) is 20.5. The molecular weight excluding hydrogens is 392 g/mol. The molecule has 0 aliphatic carbocycles. The number of hydrogen-bond acceptors (Lipinski definition) is 6. The van der Waals surface area contributed by atoms with Gasteiger partial charge in [-0.05, 0) is 34.7 Å². The summed E-state index contributed by atoms with van der Waals surface area (Å²) >= 11 is 0. The quantitative estimate of drug-likeness (QED) is 0.646. The Morgan fingerprint density at radius 2 is 2.00 bits per heavy atom. The van der Waals surface area contributed by atoms with Gasteiger partial charge >= 0.3 is 0 Å². The van der Waals surface area contributed by atoms with E-state index in [0.29, 0.717) is 39.1 Å². The number of sulfonamides is 1. The minimum atomic E-state index is -3.24. The number of carbonyl (C=O) groups excluding carboxylic acids is 1. The molecule has 0 spiro atoms. The van der Waals surface area contributed by atoms with Crippen molar-refractivity contribution in [2.45, 2.75) is 25.8 Å².